The molecule has 1 spiro atoms. The summed E-state index contributed by atoms with van der Waals surface area (Å²) in [4.78, 5) is 31.3. The number of hydrogen-bond acceptors (Lipinski definition) is 6. The molecule has 1 aliphatic heterocycles. The van der Waals surface area contributed by atoms with E-state index in [4.69, 9.17) is 9.57 Å². The van der Waals surface area contributed by atoms with Gasteiger partial charge >= 0.3 is 5.97 Å². The van der Waals surface area contributed by atoms with E-state index in [0.29, 0.717) is 18.6 Å². The molecule has 0 atom stereocenters. The first-order chi connectivity index (χ1) is 14.4. The lowest BCUT2D eigenvalue weighted by atomic mass is 10.1. The number of aromatic nitrogens is 1. The van der Waals surface area contributed by atoms with Gasteiger partial charge in [-0.15, -0.1) is 0 Å². The zero-order valence-electron chi connectivity index (χ0n) is 16.8. The average Bonchev–Trinajstić information content (AvgIpc) is 3.61. The van der Waals surface area contributed by atoms with Crippen LogP contribution in [-0.4, -0.2) is 48.7 Å². The van der Waals surface area contributed by atoms with E-state index >= 15 is 4.39 Å². The number of hydrogen-bond donors (Lipinski definition) is 1. The molecule has 0 amide bonds. The van der Waals surface area contributed by atoms with Gasteiger partial charge in [-0.25, -0.2) is 9.18 Å². The van der Waals surface area contributed by atoms with Gasteiger partial charge in [0.2, 0.25) is 5.43 Å². The van der Waals surface area contributed by atoms with E-state index in [1.807, 2.05) is 4.90 Å². The average molecular weight is 415 g/mol. The molecule has 2 heterocycles. The summed E-state index contributed by atoms with van der Waals surface area (Å²) >= 11 is 0. The standard InChI is InChI=1S/C21H22FN3O5/c1-29-19-16-12(18(26)13(20(27)28)8-25(16)11-3-4-11)7-14(22)17(19)24-9-15(23-30-2)21(10-24)5-6-21/h7-8,11H,3-6,9-10H2,1-2H3,(H,27,28). The quantitative estimate of drug-likeness (QED) is 0.755. The van der Waals surface area contributed by atoms with Crippen LogP contribution in [-0.2, 0) is 4.84 Å². The molecule has 1 aromatic heterocycles. The Hall–Kier alpha value is -3.10. The second-order valence-corrected chi connectivity index (χ2v) is 8.31. The minimum Gasteiger partial charge on any atom is -0.492 e. The molecule has 3 fully saturated rings. The molecule has 30 heavy (non-hydrogen) atoms. The summed E-state index contributed by atoms with van der Waals surface area (Å²) in [6.45, 7) is 1.00. The molecule has 1 aromatic carbocycles. The Bertz CT molecular complexity index is 1160. The number of carboxylic acid groups (broad SMARTS) is 1. The van der Waals surface area contributed by atoms with Crippen LogP contribution in [0.2, 0.25) is 0 Å². The van der Waals surface area contributed by atoms with Gasteiger partial charge in [-0.3, -0.25) is 4.79 Å². The number of rotatable bonds is 5. The summed E-state index contributed by atoms with van der Waals surface area (Å²) in [5.41, 5.74) is 0.428. The summed E-state index contributed by atoms with van der Waals surface area (Å²) in [6, 6.07) is 1.21. The Kier molecular flexibility index (Phi) is 4.06. The van der Waals surface area contributed by atoms with E-state index in [0.717, 1.165) is 37.5 Å². The van der Waals surface area contributed by atoms with Gasteiger partial charge in [-0.1, -0.05) is 5.16 Å². The third-order valence-corrected chi connectivity index (χ3v) is 6.39. The number of pyridine rings is 1. The third kappa shape index (κ3) is 2.68. The van der Waals surface area contributed by atoms with Crippen LogP contribution < -0.4 is 15.1 Å². The smallest absolute Gasteiger partial charge is 0.341 e. The van der Waals surface area contributed by atoms with Crippen molar-refractivity contribution in [1.29, 1.82) is 0 Å². The molecule has 1 saturated heterocycles. The van der Waals surface area contributed by atoms with Crippen molar-refractivity contribution in [2.75, 3.05) is 32.2 Å². The molecule has 2 aromatic rings. The van der Waals surface area contributed by atoms with Gasteiger partial charge in [0.25, 0.3) is 0 Å². The van der Waals surface area contributed by atoms with Crippen LogP contribution in [0.4, 0.5) is 10.1 Å². The van der Waals surface area contributed by atoms with Crippen LogP contribution >= 0.6 is 0 Å². The Morgan fingerprint density at radius 2 is 2.07 bits per heavy atom. The van der Waals surface area contributed by atoms with E-state index in [1.165, 1.54) is 20.4 Å². The van der Waals surface area contributed by atoms with Crippen molar-refractivity contribution in [3.63, 3.8) is 0 Å². The fraction of sp³-hybridized carbons (Fsp3) is 0.476. The van der Waals surface area contributed by atoms with Crippen molar-refractivity contribution in [3.05, 3.63) is 33.9 Å². The number of nitrogens with zero attached hydrogens (tertiary/aromatic N) is 3. The molecule has 5 rings (SSSR count). The number of anilines is 1. The van der Waals surface area contributed by atoms with Crippen molar-refractivity contribution >= 4 is 28.3 Å². The highest BCUT2D eigenvalue weighted by Gasteiger charge is 2.54. The first-order valence-corrected chi connectivity index (χ1v) is 9.94. The van der Waals surface area contributed by atoms with E-state index in [9.17, 15) is 14.7 Å². The minimum atomic E-state index is -1.32. The van der Waals surface area contributed by atoms with E-state index in [2.05, 4.69) is 5.16 Å². The number of aromatic carboxylic acids is 1. The number of carboxylic acids is 1. The van der Waals surface area contributed by atoms with Crippen molar-refractivity contribution in [2.45, 2.75) is 31.7 Å². The number of methoxy groups -OCH3 is 1. The van der Waals surface area contributed by atoms with Crippen LogP contribution in [0.5, 0.6) is 5.75 Å². The summed E-state index contributed by atoms with van der Waals surface area (Å²) < 4.78 is 22.8. The summed E-state index contributed by atoms with van der Waals surface area (Å²) in [7, 11) is 2.94. The molecule has 0 radical (unpaired) electrons. The van der Waals surface area contributed by atoms with Gasteiger partial charge in [0.1, 0.15) is 18.4 Å². The second-order valence-electron chi connectivity index (χ2n) is 8.31. The summed E-state index contributed by atoms with van der Waals surface area (Å²) in [5, 5.41) is 13.6. The Labute approximate surface area is 171 Å². The van der Waals surface area contributed by atoms with Crippen LogP contribution in [0.15, 0.2) is 22.2 Å². The molecule has 8 nitrogen and oxygen atoms in total. The highest BCUT2D eigenvalue weighted by atomic mass is 19.1. The number of carbonyl (C=O) groups is 1. The molecular weight excluding hydrogens is 393 g/mol. The molecule has 158 valence electrons. The van der Waals surface area contributed by atoms with Gasteiger partial charge in [-0.05, 0) is 31.7 Å². The van der Waals surface area contributed by atoms with Crippen molar-refractivity contribution in [3.8, 4) is 5.75 Å². The molecule has 9 heteroatoms. The van der Waals surface area contributed by atoms with Gasteiger partial charge in [0.15, 0.2) is 11.6 Å². The molecule has 1 N–H and O–H groups in total. The predicted molar refractivity (Wildman–Crippen MR) is 108 cm³/mol. The van der Waals surface area contributed by atoms with Crippen molar-refractivity contribution in [2.24, 2.45) is 10.6 Å². The zero-order valence-corrected chi connectivity index (χ0v) is 16.8. The second kappa shape index (κ2) is 6.45. The molecule has 3 aliphatic rings. The Morgan fingerprint density at radius 1 is 1.33 bits per heavy atom. The summed E-state index contributed by atoms with van der Waals surface area (Å²) in [6.07, 6.45) is 5.03. The van der Waals surface area contributed by atoms with Crippen molar-refractivity contribution < 1.29 is 23.9 Å². The predicted octanol–water partition coefficient (Wildman–Crippen LogP) is 2.78. The lowest BCUT2D eigenvalue weighted by Gasteiger charge is -2.24. The fourth-order valence-electron chi connectivity index (χ4n) is 4.58. The van der Waals surface area contributed by atoms with Crippen LogP contribution in [0.3, 0.4) is 0 Å². The third-order valence-electron chi connectivity index (χ3n) is 6.39. The van der Waals surface area contributed by atoms with Gasteiger partial charge < -0.3 is 24.1 Å². The van der Waals surface area contributed by atoms with Gasteiger partial charge in [0.05, 0.1) is 30.3 Å². The monoisotopic (exact) mass is 415 g/mol. The van der Waals surface area contributed by atoms with Crippen molar-refractivity contribution in [1.82, 2.24) is 4.57 Å². The molecule has 0 unspecified atom stereocenters. The maximum Gasteiger partial charge on any atom is 0.341 e. The van der Waals surface area contributed by atoms with Gasteiger partial charge in [0, 0.05) is 24.2 Å². The van der Waals surface area contributed by atoms with Gasteiger partial charge in [-0.2, -0.15) is 0 Å². The van der Waals surface area contributed by atoms with E-state index in [1.54, 1.807) is 4.57 Å². The van der Waals surface area contributed by atoms with Crippen LogP contribution in [0.1, 0.15) is 42.1 Å². The maximum absolute atomic E-state index is 15.4. The number of ether oxygens (including phenoxy) is 1. The highest BCUT2D eigenvalue weighted by Crippen LogP contribution is 2.53. The SMILES string of the molecule is CON=C1CN(c2c(F)cc3c(=O)c(C(=O)O)cn(C4CC4)c3c2OC)CC12CC2. The Balaban J connectivity index is 1.75. The lowest BCUT2D eigenvalue weighted by Crippen LogP contribution is -2.24. The van der Waals surface area contributed by atoms with Crippen LogP contribution in [0.25, 0.3) is 10.9 Å². The fourth-order valence-corrected chi connectivity index (χ4v) is 4.58. The molecule has 0 bridgehead atoms. The maximum atomic E-state index is 15.4. The number of oxime groups is 1. The van der Waals surface area contributed by atoms with E-state index in [-0.39, 0.29) is 33.8 Å². The summed E-state index contributed by atoms with van der Waals surface area (Å²) in [5.74, 6) is -1.69. The zero-order chi connectivity index (χ0) is 21.2. The number of fused-ring (bicyclic) bond motifs is 1. The first kappa shape index (κ1) is 18.9. The Morgan fingerprint density at radius 3 is 2.63 bits per heavy atom. The topological polar surface area (TPSA) is 93.4 Å². The molecule has 2 aliphatic carbocycles. The minimum absolute atomic E-state index is 0.0195. The first-order valence-electron chi connectivity index (χ1n) is 9.94. The normalized spacial score (nSPS) is 20.9. The highest BCUT2D eigenvalue weighted by molar-refractivity contribution is 6.02. The largest absolute Gasteiger partial charge is 0.492 e. The van der Waals surface area contributed by atoms with Crippen LogP contribution in [0, 0.1) is 11.2 Å². The lowest BCUT2D eigenvalue weighted by molar-refractivity contribution is 0.0695. The van der Waals surface area contributed by atoms with E-state index < -0.39 is 17.2 Å². The number of halogens is 1. The number of benzene rings is 1. The molecule has 2 saturated carbocycles. The molecular formula is C21H22FN3O5.